The van der Waals surface area contributed by atoms with E-state index in [9.17, 15) is 0 Å². The number of hydrogen-bond acceptors (Lipinski definition) is 17. The van der Waals surface area contributed by atoms with E-state index in [1.165, 1.54) is 57.8 Å². The Kier molecular flexibility index (Phi) is 46.0. The molecule has 0 aliphatic rings. The van der Waals surface area contributed by atoms with Gasteiger partial charge in [0.2, 0.25) is 0 Å². The van der Waals surface area contributed by atoms with Gasteiger partial charge in [-0.05, 0) is 135 Å². The molecule has 0 bridgehead atoms. The third-order valence-electron chi connectivity index (χ3n) is 11.7. The Morgan fingerprint density at radius 1 is 0.244 bits per heavy atom. The van der Waals surface area contributed by atoms with Crippen LogP contribution in [0.15, 0.2) is 0 Å². The van der Waals surface area contributed by atoms with Crippen LogP contribution in [0.25, 0.3) is 0 Å². The van der Waals surface area contributed by atoms with Crippen LogP contribution in [0.3, 0.4) is 0 Å². The zero-order chi connectivity index (χ0) is 58.8. The van der Waals surface area contributed by atoms with Gasteiger partial charge in [-0.2, -0.15) is 0 Å². The molecule has 17 nitrogen and oxygen atoms in total. The molecule has 1 N–H and O–H groups in total. The van der Waals surface area contributed by atoms with E-state index >= 15 is 0 Å². The van der Waals surface area contributed by atoms with E-state index in [0.717, 1.165) is 37.0 Å². The molecule has 0 amide bonds. The van der Waals surface area contributed by atoms with Crippen LogP contribution >= 0.6 is 0 Å². The molecule has 0 aliphatic carbocycles. The molecule has 0 aromatic heterocycles. The maximum atomic E-state index is 8.66. The summed E-state index contributed by atoms with van der Waals surface area (Å²) >= 11 is 0. The predicted molar refractivity (Wildman–Crippen MR) is 337 cm³/mol. The van der Waals surface area contributed by atoms with E-state index < -0.39 is 67.5 Å². The smallest absolute Gasteiger partial charge is 0.317 e. The van der Waals surface area contributed by atoms with Gasteiger partial charge in [-0.3, -0.25) is 0 Å². The number of rotatable bonds is 59. The van der Waals surface area contributed by atoms with Crippen molar-refractivity contribution in [1.29, 1.82) is 0 Å². The highest BCUT2D eigenvalue weighted by atomic mass is 28.5. The zero-order valence-corrected chi connectivity index (χ0v) is 61.4. The normalized spacial score (nSPS) is 15.5. The van der Waals surface area contributed by atoms with E-state index in [2.05, 4.69) is 112 Å². The number of ether oxygens (including phenoxy) is 10. The molecule has 0 aromatic rings. The molecule has 78 heavy (non-hydrogen) atoms. The van der Waals surface area contributed by atoms with Crippen molar-refractivity contribution < 1.29 is 77.2 Å². The second-order valence-corrected chi connectivity index (χ2v) is 57.6. The second kappa shape index (κ2) is 45.4. The van der Waals surface area contributed by atoms with Crippen LogP contribution in [0.2, 0.25) is 129 Å². The van der Waals surface area contributed by atoms with Gasteiger partial charge in [0.25, 0.3) is 0 Å². The van der Waals surface area contributed by atoms with E-state index in [1.807, 2.05) is 0 Å². The highest BCUT2D eigenvalue weighted by Crippen LogP contribution is 2.36. The van der Waals surface area contributed by atoms with E-state index in [1.54, 1.807) is 0 Å². The van der Waals surface area contributed by atoms with E-state index in [-0.39, 0.29) is 6.61 Å². The van der Waals surface area contributed by atoms with Crippen molar-refractivity contribution in [3.8, 4) is 0 Å². The maximum Gasteiger partial charge on any atom is 0.317 e. The molecule has 470 valence electrons. The number of aliphatic hydroxyl groups is 1. The van der Waals surface area contributed by atoms with Crippen molar-refractivity contribution in [2.24, 2.45) is 0 Å². The minimum absolute atomic E-state index is 0.0213. The van der Waals surface area contributed by atoms with Gasteiger partial charge < -0.3 is 77.2 Å². The number of hydrogen-bond donors (Lipinski definition) is 1. The van der Waals surface area contributed by atoms with Crippen molar-refractivity contribution in [1.82, 2.24) is 0 Å². The van der Waals surface area contributed by atoms with Gasteiger partial charge in [-0.1, -0.05) is 71.1 Å². The lowest BCUT2D eigenvalue weighted by molar-refractivity contribution is -0.0268. The SMILES string of the molecule is CCCCCCCCCCCC[Si](C)(O[Si](C)(C)O[Si](C)(C)C)O[Si](C)(CC[Si](C)(C)O[Si](C)(C)C)O[Si](C)(CCCOCCOCCOCCOCCOCCOCCOCCOCCOCCOCCO)O[Si](C)(C)C. The highest BCUT2D eigenvalue weighted by molar-refractivity contribution is 6.92. The first-order valence-corrected chi connectivity index (χ1v) is 53.9. The first-order valence-electron chi connectivity index (χ1n) is 30.2. The van der Waals surface area contributed by atoms with Crippen LogP contribution in [-0.2, 0) is 72.1 Å². The summed E-state index contributed by atoms with van der Waals surface area (Å²) in [7, 11) is -18.8. The molecule has 0 heterocycles. The average Bonchev–Trinajstić information content (AvgIpc) is 3.29. The van der Waals surface area contributed by atoms with Crippen LogP contribution in [0, 0.1) is 0 Å². The van der Waals surface area contributed by atoms with Crippen LogP contribution in [0.4, 0.5) is 0 Å². The van der Waals surface area contributed by atoms with Crippen molar-refractivity contribution in [2.45, 2.75) is 206 Å². The van der Waals surface area contributed by atoms with Crippen molar-refractivity contribution in [3.05, 3.63) is 0 Å². The number of unbranched alkanes of at least 4 members (excludes halogenated alkanes) is 9. The molecule has 0 rings (SSSR count). The Morgan fingerprint density at radius 3 is 0.859 bits per heavy atom. The Hall–Kier alpha value is 1.06. The molecule has 25 heteroatoms. The molecular weight excluding hydrogens is 1130 g/mol. The minimum atomic E-state index is -2.95. The molecule has 0 fully saturated rings. The van der Waals surface area contributed by atoms with Gasteiger partial charge in [0.05, 0.1) is 132 Å². The number of aliphatic hydroxyl groups excluding tert-OH is 1. The Bertz CT molecular complexity index is 1390. The van der Waals surface area contributed by atoms with Crippen molar-refractivity contribution in [2.75, 3.05) is 139 Å². The quantitative estimate of drug-likeness (QED) is 0.0451. The molecule has 0 aliphatic heterocycles. The first kappa shape index (κ1) is 79.1. The molecule has 0 saturated carbocycles. The molecule has 0 aromatic carbocycles. The fourth-order valence-corrected chi connectivity index (χ4v) is 49.3. The summed E-state index contributed by atoms with van der Waals surface area (Å²) in [6.07, 6.45) is 13.8. The Labute approximate surface area is 487 Å². The lowest BCUT2D eigenvalue weighted by atomic mass is 10.1. The average molecular weight is 1260 g/mol. The van der Waals surface area contributed by atoms with Crippen LogP contribution < -0.4 is 0 Å². The molecular formula is C53H124O17Si8. The highest BCUT2D eigenvalue weighted by Gasteiger charge is 2.52. The van der Waals surface area contributed by atoms with Gasteiger partial charge in [-0.15, -0.1) is 0 Å². The Morgan fingerprint density at radius 2 is 0.526 bits per heavy atom. The largest absolute Gasteiger partial charge is 0.456 e. The summed E-state index contributed by atoms with van der Waals surface area (Å²) in [5.74, 6) is 0. The Balaban J connectivity index is 5.01. The lowest BCUT2D eigenvalue weighted by Crippen LogP contribution is -2.62. The second-order valence-electron chi connectivity index (χ2n) is 24.9. The topological polar surface area (TPSA) is 168 Å². The summed E-state index contributed by atoms with van der Waals surface area (Å²) in [5.41, 5.74) is 0. The summed E-state index contributed by atoms with van der Waals surface area (Å²) in [4.78, 5) is 0. The molecule has 3 unspecified atom stereocenters. The van der Waals surface area contributed by atoms with Gasteiger partial charge in [0.1, 0.15) is 0 Å². The van der Waals surface area contributed by atoms with Gasteiger partial charge in [-0.25, -0.2) is 0 Å². The summed E-state index contributed by atoms with van der Waals surface area (Å²) < 4.78 is 99.6. The monoisotopic (exact) mass is 1260 g/mol. The fraction of sp³-hybridized carbons (Fsp3) is 1.00. The van der Waals surface area contributed by atoms with Crippen LogP contribution in [0.5, 0.6) is 0 Å². The summed E-state index contributed by atoms with van der Waals surface area (Å²) in [6.45, 7) is 48.8. The maximum absolute atomic E-state index is 8.66. The summed E-state index contributed by atoms with van der Waals surface area (Å²) in [6, 6.07) is 3.59. The summed E-state index contributed by atoms with van der Waals surface area (Å²) in [5, 5.41) is 8.66. The molecule has 0 radical (unpaired) electrons. The lowest BCUT2D eigenvalue weighted by Gasteiger charge is -2.46. The molecule has 0 spiro atoms. The first-order chi connectivity index (χ1) is 36.6. The molecule has 0 saturated heterocycles. The zero-order valence-electron chi connectivity index (χ0n) is 53.4. The van der Waals surface area contributed by atoms with Crippen LogP contribution in [-0.4, -0.2) is 211 Å². The predicted octanol–water partition coefficient (Wildman–Crippen LogP) is 12.2. The third-order valence-corrected chi connectivity index (χ3v) is 41.1. The van der Waals surface area contributed by atoms with Crippen LogP contribution in [0.1, 0.15) is 77.6 Å². The van der Waals surface area contributed by atoms with E-state index in [0.29, 0.717) is 132 Å². The van der Waals surface area contributed by atoms with Gasteiger partial charge in [0.15, 0.2) is 33.3 Å². The molecule has 3 atom stereocenters. The third kappa shape index (κ3) is 52.6. The standard InChI is InChI=1S/C53H124O17Si8/c1-18-19-20-21-22-23-24-25-26-27-50-77(16,68-75(13,14)66-72(5,6)7)70-78(17,53-52-74(11,12)65-71(2,3)4)69-76(15,67-73(8,9)10)51-28-30-55-32-34-57-36-38-59-40-42-61-44-46-63-48-49-64-47-45-62-43-41-60-39-37-58-35-33-56-31-29-54/h54H,18-53H2,1-17H3. The minimum Gasteiger partial charge on any atom is -0.456 e. The van der Waals surface area contributed by atoms with Gasteiger partial charge in [0, 0.05) is 6.61 Å². The van der Waals surface area contributed by atoms with Crippen molar-refractivity contribution in [3.63, 3.8) is 0 Å². The van der Waals surface area contributed by atoms with Gasteiger partial charge >= 0.3 is 34.2 Å². The van der Waals surface area contributed by atoms with E-state index in [4.69, 9.17) is 77.2 Å². The van der Waals surface area contributed by atoms with Crippen molar-refractivity contribution >= 4 is 67.5 Å². The fourth-order valence-electron chi connectivity index (χ4n) is 9.19.